The highest BCUT2D eigenvalue weighted by Gasteiger charge is 2.15. The highest BCUT2D eigenvalue weighted by atomic mass is 32.2. The van der Waals surface area contributed by atoms with Crippen molar-refractivity contribution in [1.82, 2.24) is 5.32 Å². The number of nitrogens with one attached hydrogen (secondary N) is 1. The van der Waals surface area contributed by atoms with Crippen molar-refractivity contribution in [3.63, 3.8) is 0 Å². The van der Waals surface area contributed by atoms with Gasteiger partial charge in [0, 0.05) is 31.5 Å². The summed E-state index contributed by atoms with van der Waals surface area (Å²) in [6.45, 7) is 4.18. The van der Waals surface area contributed by atoms with Crippen LogP contribution in [0.25, 0.3) is 0 Å². The fraction of sp³-hybridized carbons (Fsp3) is 0.533. The van der Waals surface area contributed by atoms with Gasteiger partial charge in [-0.15, -0.1) is 0 Å². The van der Waals surface area contributed by atoms with Gasteiger partial charge in [-0.3, -0.25) is 4.79 Å². The van der Waals surface area contributed by atoms with Crippen LogP contribution < -0.4 is 16.0 Å². The number of benzene rings is 1. The Kier molecular flexibility index (Phi) is 6.71. The zero-order valence-corrected chi connectivity index (χ0v) is 13.6. The second-order valence-corrected chi connectivity index (χ2v) is 6.42. The molecule has 0 saturated heterocycles. The van der Waals surface area contributed by atoms with Crippen LogP contribution in [0, 0.1) is 0 Å². The Labute approximate surface area is 126 Å². The van der Waals surface area contributed by atoms with Gasteiger partial charge in [0.25, 0.3) is 5.91 Å². The third kappa shape index (κ3) is 4.96. The predicted octanol–water partition coefficient (Wildman–Crippen LogP) is 2.60. The molecule has 0 aliphatic heterocycles. The quantitative estimate of drug-likeness (QED) is 0.599. The number of thioether (sulfide) groups is 1. The van der Waals surface area contributed by atoms with Crippen LogP contribution in [-0.2, 0) is 0 Å². The molecular weight excluding hydrogens is 270 g/mol. The maximum absolute atomic E-state index is 12.4. The summed E-state index contributed by atoms with van der Waals surface area (Å²) < 4.78 is 0. The van der Waals surface area contributed by atoms with Crippen LogP contribution in [0.2, 0.25) is 0 Å². The van der Waals surface area contributed by atoms with Crippen LogP contribution in [0.1, 0.15) is 30.6 Å². The van der Waals surface area contributed by atoms with Gasteiger partial charge in [0.15, 0.2) is 0 Å². The third-order valence-electron chi connectivity index (χ3n) is 3.02. The van der Waals surface area contributed by atoms with Crippen molar-refractivity contribution in [1.29, 1.82) is 0 Å². The van der Waals surface area contributed by atoms with Crippen molar-refractivity contribution in [2.45, 2.75) is 26.3 Å². The number of hydrogen-bond donors (Lipinski definition) is 2. The molecule has 1 atom stereocenters. The molecule has 112 valence electrons. The Balaban J connectivity index is 2.74. The van der Waals surface area contributed by atoms with E-state index in [0.717, 1.165) is 23.6 Å². The molecular formula is C15H25N3OS. The van der Waals surface area contributed by atoms with Gasteiger partial charge < -0.3 is 16.0 Å². The lowest BCUT2D eigenvalue weighted by atomic mass is 10.1. The molecule has 0 bridgehead atoms. The molecule has 5 heteroatoms. The number of amides is 1. The smallest absolute Gasteiger partial charge is 0.253 e. The molecule has 0 radical (unpaired) electrons. The van der Waals surface area contributed by atoms with E-state index < -0.39 is 0 Å². The van der Waals surface area contributed by atoms with E-state index in [2.05, 4.69) is 12.2 Å². The molecule has 0 aromatic heterocycles. The van der Waals surface area contributed by atoms with Gasteiger partial charge in [-0.1, -0.05) is 6.92 Å². The lowest BCUT2D eigenvalue weighted by molar-refractivity contribution is 0.0940. The van der Waals surface area contributed by atoms with Gasteiger partial charge in [-0.05, 0) is 43.0 Å². The molecule has 1 rings (SSSR count). The van der Waals surface area contributed by atoms with Crippen molar-refractivity contribution in [3.8, 4) is 0 Å². The molecule has 1 aromatic carbocycles. The summed E-state index contributed by atoms with van der Waals surface area (Å²) in [5, 5.41) is 3.04. The second-order valence-electron chi connectivity index (χ2n) is 5.03. The number of anilines is 2. The molecule has 0 spiro atoms. The summed E-state index contributed by atoms with van der Waals surface area (Å²) in [5.74, 6) is 2.12. The normalized spacial score (nSPS) is 12.0. The molecule has 0 fully saturated rings. The maximum atomic E-state index is 12.4. The van der Waals surface area contributed by atoms with Crippen LogP contribution in [0.3, 0.4) is 0 Å². The van der Waals surface area contributed by atoms with Crippen molar-refractivity contribution >= 4 is 29.0 Å². The fourth-order valence-electron chi connectivity index (χ4n) is 1.90. The Bertz CT molecular complexity index is 449. The highest BCUT2D eigenvalue weighted by Crippen LogP contribution is 2.21. The Hall–Kier alpha value is -1.36. The number of carbonyl (C=O) groups excluding carboxylic acids is 1. The highest BCUT2D eigenvalue weighted by molar-refractivity contribution is 7.99. The number of carbonyl (C=O) groups is 1. The van der Waals surface area contributed by atoms with Gasteiger partial charge >= 0.3 is 0 Å². The topological polar surface area (TPSA) is 58.4 Å². The predicted molar refractivity (Wildman–Crippen MR) is 89.7 cm³/mol. The molecule has 1 aromatic rings. The first-order valence-electron chi connectivity index (χ1n) is 6.91. The van der Waals surface area contributed by atoms with Crippen molar-refractivity contribution in [2.24, 2.45) is 0 Å². The Morgan fingerprint density at radius 3 is 2.75 bits per heavy atom. The molecule has 3 N–H and O–H groups in total. The monoisotopic (exact) mass is 295 g/mol. The Morgan fingerprint density at radius 2 is 2.15 bits per heavy atom. The first-order valence-corrected chi connectivity index (χ1v) is 8.06. The van der Waals surface area contributed by atoms with E-state index in [0.29, 0.717) is 11.3 Å². The average molecular weight is 295 g/mol. The lowest BCUT2D eigenvalue weighted by Crippen LogP contribution is -2.34. The van der Waals surface area contributed by atoms with Crippen LogP contribution >= 0.6 is 11.8 Å². The summed E-state index contributed by atoms with van der Waals surface area (Å²) in [5.41, 5.74) is 7.91. The van der Waals surface area contributed by atoms with E-state index in [-0.39, 0.29) is 11.9 Å². The van der Waals surface area contributed by atoms with Gasteiger partial charge in [0.05, 0.1) is 5.56 Å². The molecule has 0 aliphatic rings. The first kappa shape index (κ1) is 16.7. The molecule has 1 unspecified atom stereocenters. The van der Waals surface area contributed by atoms with Gasteiger partial charge in [0.2, 0.25) is 0 Å². The zero-order chi connectivity index (χ0) is 15.1. The minimum atomic E-state index is -0.0602. The van der Waals surface area contributed by atoms with Crippen LogP contribution in [-0.4, -0.2) is 37.6 Å². The summed E-state index contributed by atoms with van der Waals surface area (Å²) >= 11 is 1.89. The van der Waals surface area contributed by atoms with Crippen LogP contribution in [0.15, 0.2) is 18.2 Å². The Morgan fingerprint density at radius 1 is 1.45 bits per heavy atom. The minimum absolute atomic E-state index is 0.0602. The third-order valence-corrected chi connectivity index (χ3v) is 3.96. The van der Waals surface area contributed by atoms with E-state index in [9.17, 15) is 4.79 Å². The number of nitrogens with zero attached hydrogens (tertiary/aromatic N) is 1. The molecule has 4 nitrogen and oxygen atoms in total. The van der Waals surface area contributed by atoms with Crippen molar-refractivity contribution in [2.75, 3.05) is 36.2 Å². The van der Waals surface area contributed by atoms with Gasteiger partial charge in [-0.25, -0.2) is 0 Å². The lowest BCUT2D eigenvalue weighted by Gasteiger charge is -2.19. The van der Waals surface area contributed by atoms with Crippen molar-refractivity contribution in [3.05, 3.63) is 23.8 Å². The van der Waals surface area contributed by atoms with Crippen LogP contribution in [0.5, 0.6) is 0 Å². The maximum Gasteiger partial charge on any atom is 0.253 e. The van der Waals surface area contributed by atoms with Crippen LogP contribution in [0.4, 0.5) is 11.4 Å². The van der Waals surface area contributed by atoms with Gasteiger partial charge in [-0.2, -0.15) is 11.8 Å². The van der Waals surface area contributed by atoms with E-state index in [1.807, 2.05) is 49.8 Å². The number of nitrogens with two attached hydrogens (primary N) is 1. The summed E-state index contributed by atoms with van der Waals surface area (Å²) in [6, 6.07) is 5.59. The fourth-order valence-corrected chi connectivity index (χ4v) is 2.71. The van der Waals surface area contributed by atoms with E-state index in [1.54, 1.807) is 6.07 Å². The van der Waals surface area contributed by atoms with E-state index >= 15 is 0 Å². The van der Waals surface area contributed by atoms with Crippen molar-refractivity contribution < 1.29 is 4.79 Å². The molecule has 20 heavy (non-hydrogen) atoms. The SMILES string of the molecule is CCSCCC(C)NC(=O)c1cc(N)ccc1N(C)C. The molecule has 0 saturated carbocycles. The number of nitrogen functional groups attached to an aromatic ring is 1. The first-order chi connectivity index (χ1) is 9.45. The average Bonchev–Trinajstić information content (AvgIpc) is 2.38. The molecule has 1 amide bonds. The summed E-state index contributed by atoms with van der Waals surface area (Å²) in [7, 11) is 3.84. The molecule has 0 heterocycles. The summed E-state index contributed by atoms with van der Waals surface area (Å²) in [4.78, 5) is 14.3. The standard InChI is InChI=1S/C15H25N3OS/c1-5-20-9-8-11(2)17-15(19)13-10-12(16)6-7-14(13)18(3)4/h6-7,10-11H,5,8-9,16H2,1-4H3,(H,17,19). The second kappa shape index (κ2) is 8.04. The zero-order valence-electron chi connectivity index (χ0n) is 12.8. The van der Waals surface area contributed by atoms with E-state index in [4.69, 9.17) is 5.73 Å². The number of hydrogen-bond acceptors (Lipinski definition) is 4. The minimum Gasteiger partial charge on any atom is -0.399 e. The largest absolute Gasteiger partial charge is 0.399 e. The molecule has 0 aliphatic carbocycles. The van der Waals surface area contributed by atoms with Gasteiger partial charge in [0.1, 0.15) is 0 Å². The summed E-state index contributed by atoms with van der Waals surface area (Å²) in [6.07, 6.45) is 0.976. The number of rotatable bonds is 7. The van der Waals surface area contributed by atoms with E-state index in [1.165, 1.54) is 0 Å².